The zero-order valence-corrected chi connectivity index (χ0v) is 9.34. The zero-order chi connectivity index (χ0) is 11.5. The van der Waals surface area contributed by atoms with Gasteiger partial charge < -0.3 is 9.64 Å². The molecule has 2 rings (SSSR count). The van der Waals surface area contributed by atoms with E-state index in [4.69, 9.17) is 16.3 Å². The van der Waals surface area contributed by atoms with Crippen LogP contribution in [0.1, 0.15) is 5.56 Å². The van der Waals surface area contributed by atoms with E-state index in [1.807, 2.05) is 0 Å². The van der Waals surface area contributed by atoms with Gasteiger partial charge in [0.1, 0.15) is 24.1 Å². The first-order chi connectivity index (χ1) is 7.70. The fraction of sp³-hybridized carbons (Fsp3) is 0.364. The largest absolute Gasteiger partial charge is 0.491 e. The second-order valence-corrected chi connectivity index (χ2v) is 3.82. The quantitative estimate of drug-likeness (QED) is 0.704. The van der Waals surface area contributed by atoms with Crippen molar-refractivity contribution < 1.29 is 13.9 Å². The smallest absolute Gasteiger partial charge is 0.237 e. The molecule has 0 N–H and O–H groups in total. The van der Waals surface area contributed by atoms with Crippen molar-refractivity contribution in [1.82, 2.24) is 4.90 Å². The maximum absolute atomic E-state index is 13.0. The average Bonchev–Trinajstić information content (AvgIpc) is 2.49. The summed E-state index contributed by atoms with van der Waals surface area (Å²) in [5.41, 5.74) is 0.803. The van der Waals surface area contributed by atoms with Gasteiger partial charge in [-0.25, -0.2) is 4.39 Å². The summed E-state index contributed by atoms with van der Waals surface area (Å²) in [6, 6.07) is 4.32. The van der Waals surface area contributed by atoms with Gasteiger partial charge in [0.15, 0.2) is 0 Å². The highest BCUT2D eigenvalue weighted by atomic mass is 35.5. The molecule has 0 radical (unpaired) electrons. The van der Waals surface area contributed by atoms with Gasteiger partial charge in [-0.3, -0.25) is 4.79 Å². The second kappa shape index (κ2) is 4.70. The highest BCUT2D eigenvalue weighted by molar-refractivity contribution is 6.27. The molecule has 16 heavy (non-hydrogen) atoms. The van der Waals surface area contributed by atoms with Crippen molar-refractivity contribution >= 4 is 17.5 Å². The molecule has 0 aliphatic carbocycles. The molecule has 1 aromatic rings. The van der Waals surface area contributed by atoms with E-state index in [-0.39, 0.29) is 17.6 Å². The summed E-state index contributed by atoms with van der Waals surface area (Å²) in [5.74, 6) is -0.0144. The number of alkyl halides is 1. The predicted octanol–water partition coefficient (Wildman–Crippen LogP) is 1.79. The molecule has 1 amide bonds. The Balaban J connectivity index is 2.24. The van der Waals surface area contributed by atoms with Crippen molar-refractivity contribution in [3.63, 3.8) is 0 Å². The summed E-state index contributed by atoms with van der Waals surface area (Å²) in [7, 11) is 0. The molecule has 1 heterocycles. The molecule has 0 atom stereocenters. The van der Waals surface area contributed by atoms with Gasteiger partial charge >= 0.3 is 0 Å². The predicted molar refractivity (Wildman–Crippen MR) is 58.0 cm³/mol. The Morgan fingerprint density at radius 2 is 2.38 bits per heavy atom. The summed E-state index contributed by atoms with van der Waals surface area (Å²) >= 11 is 5.50. The maximum Gasteiger partial charge on any atom is 0.237 e. The third-order valence-electron chi connectivity index (χ3n) is 2.48. The van der Waals surface area contributed by atoms with Crippen LogP contribution in [-0.2, 0) is 11.3 Å². The van der Waals surface area contributed by atoms with Crippen molar-refractivity contribution in [3.05, 3.63) is 29.6 Å². The number of hydrogen-bond acceptors (Lipinski definition) is 2. The van der Waals surface area contributed by atoms with E-state index in [0.717, 1.165) is 5.56 Å². The van der Waals surface area contributed by atoms with Crippen molar-refractivity contribution in [1.29, 1.82) is 0 Å². The zero-order valence-electron chi connectivity index (χ0n) is 8.58. The maximum atomic E-state index is 13.0. The molecule has 86 valence electrons. The highest BCUT2D eigenvalue weighted by Gasteiger charge is 2.19. The first kappa shape index (κ1) is 11.2. The van der Waals surface area contributed by atoms with E-state index in [9.17, 15) is 9.18 Å². The van der Waals surface area contributed by atoms with Crippen molar-refractivity contribution in [2.75, 3.05) is 19.0 Å². The first-order valence-corrected chi connectivity index (χ1v) is 5.49. The van der Waals surface area contributed by atoms with Gasteiger partial charge in [0.05, 0.1) is 6.54 Å². The number of fused-ring (bicyclic) bond motifs is 1. The van der Waals surface area contributed by atoms with Crippen LogP contribution in [-0.4, -0.2) is 29.8 Å². The van der Waals surface area contributed by atoms with Crippen LogP contribution < -0.4 is 4.74 Å². The summed E-state index contributed by atoms with van der Waals surface area (Å²) in [6.45, 7) is 1.25. The van der Waals surface area contributed by atoms with E-state index >= 15 is 0 Å². The molecule has 0 aromatic heterocycles. The van der Waals surface area contributed by atoms with E-state index in [1.165, 1.54) is 12.1 Å². The van der Waals surface area contributed by atoms with Crippen LogP contribution in [0, 0.1) is 5.82 Å². The lowest BCUT2D eigenvalue weighted by atomic mass is 10.2. The van der Waals surface area contributed by atoms with Crippen LogP contribution in [0.25, 0.3) is 0 Å². The van der Waals surface area contributed by atoms with E-state index in [1.54, 1.807) is 11.0 Å². The number of benzene rings is 1. The molecule has 1 aromatic carbocycles. The van der Waals surface area contributed by atoms with Crippen LogP contribution >= 0.6 is 11.6 Å². The molecule has 0 bridgehead atoms. The SMILES string of the molecule is O=C(CCl)N1CCOc2cc(F)ccc2C1. The number of hydrogen-bond donors (Lipinski definition) is 0. The lowest BCUT2D eigenvalue weighted by Crippen LogP contribution is -2.33. The van der Waals surface area contributed by atoms with Gasteiger partial charge in [0.25, 0.3) is 0 Å². The number of carbonyl (C=O) groups excluding carboxylic acids is 1. The van der Waals surface area contributed by atoms with Crippen molar-refractivity contribution in [2.45, 2.75) is 6.54 Å². The van der Waals surface area contributed by atoms with E-state index in [2.05, 4.69) is 0 Å². The second-order valence-electron chi connectivity index (χ2n) is 3.55. The third-order valence-corrected chi connectivity index (χ3v) is 2.70. The Bertz CT molecular complexity index is 411. The number of amides is 1. The highest BCUT2D eigenvalue weighted by Crippen LogP contribution is 2.24. The Kier molecular flexibility index (Phi) is 3.29. The molecular weight excluding hydrogens is 233 g/mol. The Labute approximate surface area is 97.8 Å². The Morgan fingerprint density at radius 1 is 1.56 bits per heavy atom. The fourth-order valence-corrected chi connectivity index (χ4v) is 1.81. The van der Waals surface area contributed by atoms with E-state index < -0.39 is 0 Å². The van der Waals surface area contributed by atoms with E-state index in [0.29, 0.717) is 25.4 Å². The van der Waals surface area contributed by atoms with Crippen LogP contribution in [0.3, 0.4) is 0 Å². The molecule has 5 heteroatoms. The van der Waals surface area contributed by atoms with Gasteiger partial charge in [-0.2, -0.15) is 0 Å². The summed E-state index contributed by atoms with van der Waals surface area (Å²) < 4.78 is 18.3. The number of nitrogens with zero attached hydrogens (tertiary/aromatic N) is 1. The van der Waals surface area contributed by atoms with Gasteiger partial charge in [-0.05, 0) is 6.07 Å². The molecule has 1 aliphatic heterocycles. The molecule has 0 saturated heterocycles. The van der Waals surface area contributed by atoms with Crippen LogP contribution in [0.15, 0.2) is 18.2 Å². The lowest BCUT2D eigenvalue weighted by molar-refractivity contribution is -0.129. The van der Waals surface area contributed by atoms with Crippen molar-refractivity contribution in [3.8, 4) is 5.75 Å². The minimum Gasteiger partial charge on any atom is -0.491 e. The standard InChI is InChI=1S/C11H11ClFNO2/c12-6-11(15)14-3-4-16-10-5-9(13)2-1-8(10)7-14/h1-2,5H,3-4,6-7H2. The van der Waals surface area contributed by atoms with Crippen LogP contribution in [0.4, 0.5) is 4.39 Å². The molecular formula is C11H11ClFNO2. The van der Waals surface area contributed by atoms with Crippen LogP contribution in [0.2, 0.25) is 0 Å². The topological polar surface area (TPSA) is 29.5 Å². The van der Waals surface area contributed by atoms with Crippen LogP contribution in [0.5, 0.6) is 5.75 Å². The molecule has 0 unspecified atom stereocenters. The monoisotopic (exact) mass is 243 g/mol. The van der Waals surface area contributed by atoms with Gasteiger partial charge in [-0.15, -0.1) is 11.6 Å². The molecule has 3 nitrogen and oxygen atoms in total. The summed E-state index contributed by atoms with van der Waals surface area (Å²) in [5, 5.41) is 0. The molecule has 0 fully saturated rings. The van der Waals surface area contributed by atoms with Gasteiger partial charge in [-0.1, -0.05) is 6.07 Å². The molecule has 0 spiro atoms. The average molecular weight is 244 g/mol. The summed E-state index contributed by atoms with van der Waals surface area (Å²) in [4.78, 5) is 13.1. The minimum absolute atomic E-state index is 0.0451. The molecule has 0 saturated carbocycles. The number of rotatable bonds is 1. The Hall–Kier alpha value is -1.29. The number of ether oxygens (including phenoxy) is 1. The van der Waals surface area contributed by atoms with Crippen molar-refractivity contribution in [2.24, 2.45) is 0 Å². The summed E-state index contributed by atoms with van der Waals surface area (Å²) in [6.07, 6.45) is 0. The minimum atomic E-state index is -0.337. The number of carbonyl (C=O) groups is 1. The van der Waals surface area contributed by atoms with Gasteiger partial charge in [0.2, 0.25) is 5.91 Å². The number of halogens is 2. The molecule has 1 aliphatic rings. The fourth-order valence-electron chi connectivity index (χ4n) is 1.64. The third kappa shape index (κ3) is 2.27. The van der Waals surface area contributed by atoms with Gasteiger partial charge in [0, 0.05) is 18.2 Å². The normalized spacial score (nSPS) is 15.0. The Morgan fingerprint density at radius 3 is 3.12 bits per heavy atom. The first-order valence-electron chi connectivity index (χ1n) is 4.95. The lowest BCUT2D eigenvalue weighted by Gasteiger charge is -2.18.